The van der Waals surface area contributed by atoms with Crippen LogP contribution in [0.1, 0.15) is 37.1 Å². The van der Waals surface area contributed by atoms with E-state index in [1.54, 1.807) is 0 Å². The van der Waals surface area contributed by atoms with Gasteiger partial charge in [-0.05, 0) is 55.6 Å². The first-order chi connectivity index (χ1) is 8.61. The minimum Gasteiger partial charge on any atom is -0.372 e. The molecule has 5 heteroatoms. The Morgan fingerprint density at radius 2 is 2.06 bits per heavy atom. The number of hydrogen-bond acceptors (Lipinski definition) is 3. The molecule has 1 saturated carbocycles. The van der Waals surface area contributed by atoms with Gasteiger partial charge in [-0.3, -0.25) is 4.68 Å². The number of aromatic nitrogens is 2. The summed E-state index contributed by atoms with van der Waals surface area (Å²) in [4.78, 5) is 0. The summed E-state index contributed by atoms with van der Waals surface area (Å²) < 4.78 is 9.00. The molecule has 0 spiro atoms. The molecule has 0 unspecified atom stereocenters. The third-order valence-electron chi connectivity index (χ3n) is 3.80. The van der Waals surface area contributed by atoms with Gasteiger partial charge in [-0.1, -0.05) is 0 Å². The minimum atomic E-state index is 0.400. The SMILES string of the molecule is CNC1CCC(OCc2c(Br)c(C)nn2C)CC1. The lowest BCUT2D eigenvalue weighted by Gasteiger charge is -2.28. The van der Waals surface area contributed by atoms with Gasteiger partial charge >= 0.3 is 0 Å². The number of halogens is 1. The quantitative estimate of drug-likeness (QED) is 0.928. The van der Waals surface area contributed by atoms with Crippen LogP contribution in [-0.2, 0) is 18.4 Å². The van der Waals surface area contributed by atoms with Gasteiger partial charge in [0.1, 0.15) is 0 Å². The van der Waals surface area contributed by atoms with Gasteiger partial charge in [-0.2, -0.15) is 5.10 Å². The van der Waals surface area contributed by atoms with Crippen molar-refractivity contribution in [3.63, 3.8) is 0 Å². The van der Waals surface area contributed by atoms with E-state index in [0.717, 1.165) is 28.7 Å². The number of nitrogens with one attached hydrogen (secondary N) is 1. The fourth-order valence-electron chi connectivity index (χ4n) is 2.55. The summed E-state index contributed by atoms with van der Waals surface area (Å²) >= 11 is 3.57. The van der Waals surface area contributed by atoms with E-state index in [0.29, 0.717) is 18.8 Å². The molecule has 0 aromatic carbocycles. The van der Waals surface area contributed by atoms with Gasteiger partial charge in [0, 0.05) is 13.1 Å². The van der Waals surface area contributed by atoms with Crippen LogP contribution in [-0.4, -0.2) is 29.0 Å². The van der Waals surface area contributed by atoms with E-state index in [-0.39, 0.29) is 0 Å². The first kappa shape index (κ1) is 14.0. The molecule has 1 N–H and O–H groups in total. The Labute approximate surface area is 117 Å². The molecule has 1 aromatic heterocycles. The molecule has 0 bridgehead atoms. The van der Waals surface area contributed by atoms with Gasteiger partial charge in [0.05, 0.1) is 28.6 Å². The van der Waals surface area contributed by atoms with Gasteiger partial charge in [-0.15, -0.1) is 0 Å². The molecule has 1 fully saturated rings. The Hall–Kier alpha value is -0.390. The molecule has 1 aliphatic rings. The van der Waals surface area contributed by atoms with E-state index in [1.165, 1.54) is 12.8 Å². The molecule has 1 aromatic rings. The van der Waals surface area contributed by atoms with Crippen molar-refractivity contribution in [2.24, 2.45) is 7.05 Å². The van der Waals surface area contributed by atoms with Crippen LogP contribution in [0.3, 0.4) is 0 Å². The Morgan fingerprint density at radius 1 is 1.39 bits per heavy atom. The molecule has 0 amide bonds. The lowest BCUT2D eigenvalue weighted by atomic mass is 9.93. The number of aryl methyl sites for hydroxylation is 2. The lowest BCUT2D eigenvalue weighted by molar-refractivity contribution is 0.00875. The fourth-order valence-corrected chi connectivity index (χ4v) is 3.00. The molecule has 0 atom stereocenters. The monoisotopic (exact) mass is 315 g/mol. The smallest absolute Gasteiger partial charge is 0.0900 e. The standard InChI is InChI=1S/C13H22BrN3O/c1-9-13(14)12(17(3)16-9)8-18-11-6-4-10(15-2)5-7-11/h10-11,15H,4-8H2,1-3H3. The second-order valence-electron chi connectivity index (χ2n) is 5.04. The molecule has 0 radical (unpaired) electrons. The van der Waals surface area contributed by atoms with Gasteiger partial charge in [-0.25, -0.2) is 0 Å². The molecule has 0 saturated heterocycles. The Morgan fingerprint density at radius 3 is 2.56 bits per heavy atom. The van der Waals surface area contributed by atoms with Crippen LogP contribution in [0.5, 0.6) is 0 Å². The normalized spacial score (nSPS) is 24.4. The first-order valence-corrected chi connectivity index (χ1v) is 7.38. The van der Waals surface area contributed by atoms with Crippen molar-refractivity contribution in [2.45, 2.75) is 51.4 Å². The molecule has 102 valence electrons. The first-order valence-electron chi connectivity index (χ1n) is 6.58. The molecule has 18 heavy (non-hydrogen) atoms. The van der Waals surface area contributed by atoms with E-state index in [9.17, 15) is 0 Å². The lowest BCUT2D eigenvalue weighted by Crippen LogP contribution is -2.33. The zero-order chi connectivity index (χ0) is 13.1. The van der Waals surface area contributed by atoms with Crippen molar-refractivity contribution >= 4 is 15.9 Å². The van der Waals surface area contributed by atoms with Gasteiger partial charge in [0.15, 0.2) is 0 Å². The van der Waals surface area contributed by atoms with Crippen LogP contribution in [0, 0.1) is 6.92 Å². The largest absolute Gasteiger partial charge is 0.372 e. The van der Waals surface area contributed by atoms with Crippen molar-refractivity contribution < 1.29 is 4.74 Å². The maximum absolute atomic E-state index is 6.02. The number of hydrogen-bond donors (Lipinski definition) is 1. The van der Waals surface area contributed by atoms with Crippen LogP contribution in [0.2, 0.25) is 0 Å². The van der Waals surface area contributed by atoms with Gasteiger partial charge in [0.25, 0.3) is 0 Å². The number of rotatable bonds is 4. The highest BCUT2D eigenvalue weighted by Gasteiger charge is 2.21. The molecule has 0 aliphatic heterocycles. The van der Waals surface area contributed by atoms with E-state index in [2.05, 4.69) is 26.3 Å². The summed E-state index contributed by atoms with van der Waals surface area (Å²) in [5.41, 5.74) is 2.15. The maximum atomic E-state index is 6.02. The summed E-state index contributed by atoms with van der Waals surface area (Å²) in [7, 11) is 4.01. The third kappa shape index (κ3) is 3.13. The Kier molecular flexibility index (Phi) is 4.81. The van der Waals surface area contributed by atoms with Crippen molar-refractivity contribution in [1.29, 1.82) is 0 Å². The van der Waals surface area contributed by atoms with Crippen molar-refractivity contribution in [2.75, 3.05) is 7.05 Å². The summed E-state index contributed by atoms with van der Waals surface area (Å²) in [5, 5.41) is 7.72. The van der Waals surface area contributed by atoms with E-state index < -0.39 is 0 Å². The summed E-state index contributed by atoms with van der Waals surface area (Å²) in [5.74, 6) is 0. The summed E-state index contributed by atoms with van der Waals surface area (Å²) in [6.45, 7) is 2.65. The van der Waals surface area contributed by atoms with Crippen LogP contribution in [0.25, 0.3) is 0 Å². The maximum Gasteiger partial charge on any atom is 0.0900 e. The zero-order valence-electron chi connectivity index (χ0n) is 11.4. The highest BCUT2D eigenvalue weighted by atomic mass is 79.9. The topological polar surface area (TPSA) is 39.1 Å². The Bertz CT molecular complexity index is 397. The van der Waals surface area contributed by atoms with E-state index in [1.807, 2.05) is 25.7 Å². The van der Waals surface area contributed by atoms with Gasteiger partial charge in [0.2, 0.25) is 0 Å². The molecule has 1 heterocycles. The molecule has 4 nitrogen and oxygen atoms in total. The van der Waals surface area contributed by atoms with Crippen LogP contribution < -0.4 is 5.32 Å². The van der Waals surface area contributed by atoms with Crippen molar-refractivity contribution in [1.82, 2.24) is 15.1 Å². The molecule has 1 aliphatic carbocycles. The second kappa shape index (κ2) is 6.17. The average Bonchev–Trinajstić information content (AvgIpc) is 2.62. The average molecular weight is 316 g/mol. The van der Waals surface area contributed by atoms with Crippen molar-refractivity contribution in [3.8, 4) is 0 Å². The van der Waals surface area contributed by atoms with Crippen LogP contribution >= 0.6 is 15.9 Å². The van der Waals surface area contributed by atoms with Crippen LogP contribution in [0.15, 0.2) is 4.47 Å². The number of nitrogens with zero attached hydrogens (tertiary/aromatic N) is 2. The minimum absolute atomic E-state index is 0.400. The van der Waals surface area contributed by atoms with E-state index in [4.69, 9.17) is 4.74 Å². The summed E-state index contributed by atoms with van der Waals surface area (Å²) in [6.07, 6.45) is 5.14. The summed E-state index contributed by atoms with van der Waals surface area (Å²) in [6, 6.07) is 0.676. The highest BCUT2D eigenvalue weighted by Crippen LogP contribution is 2.25. The fraction of sp³-hybridized carbons (Fsp3) is 0.769. The van der Waals surface area contributed by atoms with Gasteiger partial charge < -0.3 is 10.1 Å². The number of ether oxygens (including phenoxy) is 1. The highest BCUT2D eigenvalue weighted by molar-refractivity contribution is 9.10. The third-order valence-corrected chi connectivity index (χ3v) is 4.83. The van der Waals surface area contributed by atoms with Crippen LogP contribution in [0.4, 0.5) is 0 Å². The second-order valence-corrected chi connectivity index (χ2v) is 5.84. The molecule has 2 rings (SSSR count). The predicted molar refractivity (Wildman–Crippen MR) is 75.5 cm³/mol. The molecular formula is C13H22BrN3O. The van der Waals surface area contributed by atoms with E-state index >= 15 is 0 Å². The predicted octanol–water partition coefficient (Wildman–Crippen LogP) is 2.54. The Balaban J connectivity index is 1.85. The molecular weight excluding hydrogens is 294 g/mol. The zero-order valence-corrected chi connectivity index (χ0v) is 13.0. The van der Waals surface area contributed by atoms with Crippen molar-refractivity contribution in [3.05, 3.63) is 15.9 Å².